The third-order valence-corrected chi connectivity index (χ3v) is 11.1. The fraction of sp³-hybridized carbons (Fsp3) is 0. The molecule has 302 valence electrons. The van der Waals surface area contributed by atoms with Crippen LogP contribution in [-0.2, 0) is 0 Å². The predicted octanol–water partition coefficient (Wildman–Crippen LogP) is 15.4. The number of aromatic amines is 2. The van der Waals surface area contributed by atoms with Crippen LogP contribution in [0.4, 0.5) is 35.1 Å². The second kappa shape index (κ2) is 15.1. The zero-order chi connectivity index (χ0) is 42.8. The number of H-pyrrole nitrogens is 2. The Morgan fingerprint density at radius 2 is 0.581 bits per heavy atom. The van der Waals surface area contributed by atoms with Crippen LogP contribution in [0.5, 0.6) is 0 Å². The maximum Gasteiger partial charge on any atom is 0.158 e. The van der Waals surface area contributed by atoms with Gasteiger partial charge < -0.3 is 9.97 Å². The average Bonchev–Trinajstić information content (AvgIpc) is 3.82. The summed E-state index contributed by atoms with van der Waals surface area (Å²) < 4.78 is 118. The standard InChI is InChI=1S/C52H28F8N2/c53-35-21-37-39-25-41(55)45(47(59)51(39)61-49(37)43(57)23-35)33-17-9-29(10-18-33)3-1-27-5-13-31(14-6-27)32-15-7-28(8-16-32)2-4-30-11-19-34(20-12-30)46-42(56)26-40-38-22-36(54)24-44(58)50(38)62-52(40)48(46)60/h1-26,61-62H. The highest BCUT2D eigenvalue weighted by atomic mass is 19.2. The van der Waals surface area contributed by atoms with Gasteiger partial charge in [-0.3, -0.25) is 0 Å². The molecular weight excluding hydrogens is 805 g/mol. The van der Waals surface area contributed by atoms with Crippen LogP contribution in [0.15, 0.2) is 133 Å². The monoisotopic (exact) mass is 832 g/mol. The van der Waals surface area contributed by atoms with E-state index < -0.39 is 46.5 Å². The fourth-order valence-corrected chi connectivity index (χ4v) is 7.99. The molecule has 8 aromatic carbocycles. The Morgan fingerprint density at radius 1 is 0.290 bits per heavy atom. The third-order valence-electron chi connectivity index (χ3n) is 11.1. The van der Waals surface area contributed by atoms with E-state index >= 15 is 17.6 Å². The molecule has 2 aromatic heterocycles. The summed E-state index contributed by atoms with van der Waals surface area (Å²) in [6.45, 7) is 0. The third kappa shape index (κ3) is 6.79. The van der Waals surface area contributed by atoms with Crippen LogP contribution in [-0.4, -0.2) is 9.97 Å². The van der Waals surface area contributed by atoms with E-state index in [1.807, 2.05) is 72.8 Å². The molecule has 10 rings (SSSR count). The van der Waals surface area contributed by atoms with Crippen molar-refractivity contribution >= 4 is 67.9 Å². The van der Waals surface area contributed by atoms with Crippen molar-refractivity contribution in [3.8, 4) is 33.4 Å². The first kappa shape index (κ1) is 38.5. The van der Waals surface area contributed by atoms with Gasteiger partial charge in [-0.05, 0) is 68.8 Å². The van der Waals surface area contributed by atoms with Gasteiger partial charge in [0.2, 0.25) is 0 Å². The summed E-state index contributed by atoms with van der Waals surface area (Å²) in [5.74, 6) is -6.96. The van der Waals surface area contributed by atoms with E-state index in [2.05, 4.69) is 9.97 Å². The lowest BCUT2D eigenvalue weighted by Gasteiger charge is -2.07. The van der Waals surface area contributed by atoms with Crippen molar-refractivity contribution < 1.29 is 35.1 Å². The van der Waals surface area contributed by atoms with Crippen LogP contribution in [0.3, 0.4) is 0 Å². The number of benzene rings is 8. The van der Waals surface area contributed by atoms with Gasteiger partial charge in [-0.1, -0.05) is 121 Å². The Kier molecular flexibility index (Phi) is 9.36. The number of halogens is 8. The van der Waals surface area contributed by atoms with Crippen LogP contribution < -0.4 is 0 Å². The van der Waals surface area contributed by atoms with Gasteiger partial charge in [0.05, 0.1) is 33.2 Å². The van der Waals surface area contributed by atoms with Crippen molar-refractivity contribution in [3.63, 3.8) is 0 Å². The Labute approximate surface area is 347 Å². The molecule has 2 nitrogen and oxygen atoms in total. The minimum atomic E-state index is -0.895. The molecule has 2 heterocycles. The van der Waals surface area contributed by atoms with E-state index in [1.54, 1.807) is 48.5 Å². The topological polar surface area (TPSA) is 31.6 Å². The number of nitrogens with one attached hydrogen (secondary N) is 2. The zero-order valence-electron chi connectivity index (χ0n) is 32.0. The molecule has 0 saturated carbocycles. The van der Waals surface area contributed by atoms with E-state index in [0.29, 0.717) is 23.3 Å². The van der Waals surface area contributed by atoms with Gasteiger partial charge >= 0.3 is 0 Å². The molecule has 0 bridgehead atoms. The molecule has 0 unspecified atom stereocenters. The first-order chi connectivity index (χ1) is 30.0. The van der Waals surface area contributed by atoms with Gasteiger partial charge in [0, 0.05) is 33.7 Å². The quantitative estimate of drug-likeness (QED) is 0.118. The molecule has 0 saturated heterocycles. The molecule has 10 heteroatoms. The highest BCUT2D eigenvalue weighted by Crippen LogP contribution is 2.38. The van der Waals surface area contributed by atoms with Gasteiger partial charge in [-0.25, -0.2) is 35.1 Å². The van der Waals surface area contributed by atoms with Crippen molar-refractivity contribution in [1.82, 2.24) is 9.97 Å². The smallest absolute Gasteiger partial charge is 0.158 e. The Balaban J connectivity index is 0.797. The molecule has 0 fully saturated rings. The van der Waals surface area contributed by atoms with Crippen LogP contribution in [0.1, 0.15) is 22.3 Å². The maximum absolute atomic E-state index is 15.6. The van der Waals surface area contributed by atoms with Gasteiger partial charge in [0.15, 0.2) is 11.6 Å². The van der Waals surface area contributed by atoms with Crippen molar-refractivity contribution in [3.05, 3.63) is 202 Å². The average molecular weight is 833 g/mol. The molecule has 0 aliphatic rings. The minimum absolute atomic E-state index is 0.0522. The molecule has 0 aliphatic carbocycles. The van der Waals surface area contributed by atoms with Crippen LogP contribution in [0, 0.1) is 46.5 Å². The summed E-state index contributed by atoms with van der Waals surface area (Å²) in [7, 11) is 0. The second-order valence-electron chi connectivity index (χ2n) is 15.0. The molecule has 2 N–H and O–H groups in total. The first-order valence-electron chi connectivity index (χ1n) is 19.3. The maximum atomic E-state index is 15.6. The molecule has 62 heavy (non-hydrogen) atoms. The van der Waals surface area contributed by atoms with Gasteiger partial charge in [0.25, 0.3) is 0 Å². The van der Waals surface area contributed by atoms with Gasteiger partial charge in [0.1, 0.15) is 34.9 Å². The Morgan fingerprint density at radius 3 is 0.903 bits per heavy atom. The molecule has 0 amide bonds. The highest BCUT2D eigenvalue weighted by molar-refractivity contribution is 6.10. The van der Waals surface area contributed by atoms with Gasteiger partial charge in [-0.2, -0.15) is 0 Å². The number of hydrogen-bond acceptors (Lipinski definition) is 0. The highest BCUT2D eigenvalue weighted by Gasteiger charge is 2.22. The van der Waals surface area contributed by atoms with Crippen molar-refractivity contribution in [2.24, 2.45) is 0 Å². The molecule has 0 radical (unpaired) electrons. The summed E-state index contributed by atoms with van der Waals surface area (Å²) in [4.78, 5) is 5.29. The van der Waals surface area contributed by atoms with E-state index in [-0.39, 0.29) is 54.7 Å². The van der Waals surface area contributed by atoms with E-state index in [9.17, 15) is 17.6 Å². The molecule has 0 aliphatic heterocycles. The van der Waals surface area contributed by atoms with Gasteiger partial charge in [-0.15, -0.1) is 0 Å². The molecular formula is C52H28F8N2. The lowest BCUT2D eigenvalue weighted by molar-refractivity contribution is 0.590. The zero-order valence-corrected chi connectivity index (χ0v) is 32.0. The van der Waals surface area contributed by atoms with Crippen molar-refractivity contribution in [2.45, 2.75) is 0 Å². The first-order valence-corrected chi connectivity index (χ1v) is 19.3. The second-order valence-corrected chi connectivity index (χ2v) is 15.0. The number of fused-ring (bicyclic) bond motifs is 6. The largest absolute Gasteiger partial charge is 0.350 e. The lowest BCUT2D eigenvalue weighted by Crippen LogP contribution is -1.92. The van der Waals surface area contributed by atoms with E-state index in [1.165, 1.54) is 0 Å². The Bertz CT molecular complexity index is 3220. The van der Waals surface area contributed by atoms with Crippen molar-refractivity contribution in [1.29, 1.82) is 0 Å². The minimum Gasteiger partial charge on any atom is -0.350 e. The molecule has 0 spiro atoms. The summed E-state index contributed by atoms with van der Waals surface area (Å²) in [6, 6.07) is 34.9. The number of hydrogen-bond donors (Lipinski definition) is 2. The SMILES string of the molecule is Fc1cc(F)c2[nH]c3c(F)c(-c4ccc(C=Cc5ccc(-c6ccc(C=Cc7ccc(-c8c(F)cc9c([nH]c%10c(F)cc(F)cc%109)c8F)cc7)cc6)cc5)cc4)c(F)cc3c2c1. The molecule has 10 aromatic rings. The summed E-state index contributed by atoms with van der Waals surface area (Å²) in [5.41, 5.74) is 5.09. The molecule has 0 atom stereocenters. The van der Waals surface area contributed by atoms with Crippen molar-refractivity contribution in [2.75, 3.05) is 0 Å². The van der Waals surface area contributed by atoms with E-state index in [4.69, 9.17) is 0 Å². The summed E-state index contributed by atoms with van der Waals surface area (Å²) >= 11 is 0. The predicted molar refractivity (Wildman–Crippen MR) is 232 cm³/mol. The number of rotatable bonds is 7. The van der Waals surface area contributed by atoms with E-state index in [0.717, 1.165) is 57.6 Å². The normalized spacial score (nSPS) is 12.1. The van der Waals surface area contributed by atoms with Crippen LogP contribution in [0.25, 0.3) is 101 Å². The number of aromatic nitrogens is 2. The summed E-state index contributed by atoms with van der Waals surface area (Å²) in [5, 5.41) is 0.221. The Hall–Kier alpha value is -7.72. The lowest BCUT2D eigenvalue weighted by atomic mass is 9.99. The summed E-state index contributed by atoms with van der Waals surface area (Å²) in [6.07, 6.45) is 7.61. The fourth-order valence-electron chi connectivity index (χ4n) is 7.99. The van der Waals surface area contributed by atoms with Crippen LogP contribution >= 0.6 is 0 Å². The van der Waals surface area contributed by atoms with Crippen LogP contribution in [0.2, 0.25) is 0 Å².